The number of ether oxygens (including phenoxy) is 2. The molecule has 310 valence electrons. The number of hydrogen-bond donors (Lipinski definition) is 2. The molecule has 0 rings (SSSR count). The summed E-state index contributed by atoms with van der Waals surface area (Å²) < 4.78 is 32.7. The Labute approximate surface area is 324 Å². The third-order valence-corrected chi connectivity index (χ3v) is 9.98. The van der Waals surface area contributed by atoms with Gasteiger partial charge in [0, 0.05) is 19.4 Å². The molecule has 3 N–H and O–H groups in total. The number of hydrogen-bond acceptors (Lipinski definition) is 8. The van der Waals surface area contributed by atoms with Crippen molar-refractivity contribution in [3.63, 3.8) is 0 Å². The zero-order valence-corrected chi connectivity index (χ0v) is 34.9. The maximum absolute atomic E-state index is 12.5. The van der Waals surface area contributed by atoms with Gasteiger partial charge in [-0.1, -0.05) is 153 Å². The lowest BCUT2D eigenvalue weighted by molar-refractivity contribution is -0.161. The van der Waals surface area contributed by atoms with Crippen molar-refractivity contribution in [1.82, 2.24) is 0 Å². The van der Waals surface area contributed by atoms with E-state index in [1.54, 1.807) is 0 Å². The van der Waals surface area contributed by atoms with E-state index in [9.17, 15) is 19.0 Å². The van der Waals surface area contributed by atoms with Crippen molar-refractivity contribution in [1.29, 1.82) is 0 Å². The molecule has 0 aromatic heterocycles. The van der Waals surface area contributed by atoms with E-state index in [2.05, 4.69) is 50.3 Å². The fraction of sp³-hybridized carbons (Fsp3) is 0.814. The largest absolute Gasteiger partial charge is 0.472 e. The van der Waals surface area contributed by atoms with Gasteiger partial charge in [-0.25, -0.2) is 4.57 Å². The first kappa shape index (κ1) is 51.2. The van der Waals surface area contributed by atoms with E-state index in [1.807, 2.05) is 0 Å². The number of nitrogens with two attached hydrogens (primary N) is 1. The molecule has 2 atom stereocenters. The van der Waals surface area contributed by atoms with Crippen molar-refractivity contribution in [2.45, 2.75) is 200 Å². The lowest BCUT2D eigenvalue weighted by Gasteiger charge is -2.19. The highest BCUT2D eigenvalue weighted by Crippen LogP contribution is 2.43. The van der Waals surface area contributed by atoms with Gasteiger partial charge < -0.3 is 20.1 Å². The number of phosphoric acid groups is 1. The van der Waals surface area contributed by atoms with Gasteiger partial charge in [-0.15, -0.1) is 0 Å². The van der Waals surface area contributed by atoms with Crippen LogP contribution in [0.25, 0.3) is 0 Å². The summed E-state index contributed by atoms with van der Waals surface area (Å²) in [5.74, 6) is -0.905. The second kappa shape index (κ2) is 39.9. The summed E-state index contributed by atoms with van der Waals surface area (Å²) in [6, 6.07) is 0. The average molecular weight is 770 g/mol. The Bertz CT molecular complexity index is 970. The van der Waals surface area contributed by atoms with Crippen molar-refractivity contribution in [2.24, 2.45) is 5.73 Å². The number of phosphoric ester groups is 1. The molecule has 0 aliphatic rings. The summed E-state index contributed by atoms with van der Waals surface area (Å²) in [5, 5.41) is 0. The van der Waals surface area contributed by atoms with Gasteiger partial charge in [0.05, 0.1) is 13.2 Å². The normalized spacial score (nSPS) is 13.7. The summed E-state index contributed by atoms with van der Waals surface area (Å²) in [7, 11) is -4.39. The third kappa shape index (κ3) is 39.7. The van der Waals surface area contributed by atoms with Crippen LogP contribution in [0.15, 0.2) is 36.5 Å². The quantitative estimate of drug-likeness (QED) is 0.0270. The Balaban J connectivity index is 4.25. The van der Waals surface area contributed by atoms with Crippen molar-refractivity contribution in [2.75, 3.05) is 26.4 Å². The molecule has 0 fully saturated rings. The number of unbranched alkanes of at least 4 members (excludes halogenated alkanes) is 21. The number of carbonyl (C=O) groups excluding carboxylic acids is 2. The van der Waals surface area contributed by atoms with Crippen LogP contribution in [0.4, 0.5) is 0 Å². The van der Waals surface area contributed by atoms with Crippen LogP contribution >= 0.6 is 7.82 Å². The summed E-state index contributed by atoms with van der Waals surface area (Å²) in [6.45, 7) is 3.66. The topological polar surface area (TPSA) is 134 Å². The average Bonchev–Trinajstić information content (AvgIpc) is 3.14. The van der Waals surface area contributed by atoms with Gasteiger partial charge in [0.25, 0.3) is 0 Å². The molecular weight excluding hydrogens is 689 g/mol. The van der Waals surface area contributed by atoms with Gasteiger partial charge in [0.15, 0.2) is 6.10 Å². The first-order chi connectivity index (χ1) is 25.8. The van der Waals surface area contributed by atoms with Crippen molar-refractivity contribution >= 4 is 19.8 Å². The summed E-state index contributed by atoms with van der Waals surface area (Å²) >= 11 is 0. The van der Waals surface area contributed by atoms with Crippen LogP contribution in [0.3, 0.4) is 0 Å². The highest BCUT2D eigenvalue weighted by atomic mass is 31.2. The number of carbonyl (C=O) groups is 2. The van der Waals surface area contributed by atoms with Crippen LogP contribution < -0.4 is 5.73 Å². The summed E-state index contributed by atoms with van der Waals surface area (Å²) in [6.07, 6.45) is 43.3. The lowest BCUT2D eigenvalue weighted by atomic mass is 10.1. The van der Waals surface area contributed by atoms with Gasteiger partial charge >= 0.3 is 19.8 Å². The van der Waals surface area contributed by atoms with Crippen molar-refractivity contribution in [3.05, 3.63) is 36.5 Å². The molecule has 0 spiro atoms. The van der Waals surface area contributed by atoms with E-state index in [0.29, 0.717) is 12.8 Å². The lowest BCUT2D eigenvalue weighted by Crippen LogP contribution is -2.29. The van der Waals surface area contributed by atoms with E-state index in [0.717, 1.165) is 38.5 Å². The molecule has 0 heterocycles. The number of rotatable bonds is 40. The Hall–Kier alpha value is -1.77. The van der Waals surface area contributed by atoms with E-state index in [4.69, 9.17) is 24.3 Å². The first-order valence-corrected chi connectivity index (χ1v) is 23.0. The molecule has 1 unspecified atom stereocenters. The fourth-order valence-corrected chi connectivity index (χ4v) is 6.55. The Morgan fingerprint density at radius 3 is 1.51 bits per heavy atom. The maximum Gasteiger partial charge on any atom is 0.472 e. The monoisotopic (exact) mass is 770 g/mol. The molecule has 0 aliphatic heterocycles. The molecule has 0 radical (unpaired) electrons. The molecule has 0 amide bonds. The highest BCUT2D eigenvalue weighted by molar-refractivity contribution is 7.47. The molecule has 53 heavy (non-hydrogen) atoms. The number of allylic oxidation sites excluding steroid dienone is 6. The Morgan fingerprint density at radius 2 is 1.00 bits per heavy atom. The van der Waals surface area contributed by atoms with Gasteiger partial charge in [0.1, 0.15) is 6.61 Å². The first-order valence-electron chi connectivity index (χ1n) is 21.5. The van der Waals surface area contributed by atoms with Gasteiger partial charge in [-0.2, -0.15) is 0 Å². The molecule has 0 aromatic rings. The molecule has 0 saturated carbocycles. The third-order valence-electron chi connectivity index (χ3n) is 9.00. The molecule has 0 aromatic carbocycles. The zero-order valence-electron chi connectivity index (χ0n) is 34.0. The molecular formula is C43H80NO8P. The smallest absolute Gasteiger partial charge is 0.462 e. The van der Waals surface area contributed by atoms with Crippen LogP contribution in [0.2, 0.25) is 0 Å². The summed E-state index contributed by atoms with van der Waals surface area (Å²) in [5.41, 5.74) is 5.34. The van der Waals surface area contributed by atoms with Crippen LogP contribution in [0.5, 0.6) is 0 Å². The highest BCUT2D eigenvalue weighted by Gasteiger charge is 2.25. The maximum atomic E-state index is 12.5. The standard InChI is InChI=1S/C43H80NO8P/c1-3-5-7-9-11-13-15-17-19-20-22-24-26-28-30-32-34-36-43(46)52-41(40-51-53(47,48)50-38-37-44)39-49-42(45)35-33-31-29-27-25-23-21-18-16-14-12-10-8-6-4-2/h22,24-25,27-28,30,41H,3-21,23,26,29,31-40,44H2,1-2H3,(H,47,48)/b24-22+,27-25+,30-28+/t41-/m1/s1. The SMILES string of the molecule is CCCCCCCCCCC/C=C/C/C=C/CCCC(=O)O[C@H](COC(=O)CCCC/C=C/CCCCCCCCCCC)COP(=O)(O)OCCN. The second-order valence-electron chi connectivity index (χ2n) is 14.2. The van der Waals surface area contributed by atoms with E-state index in [-0.39, 0.29) is 32.6 Å². The van der Waals surface area contributed by atoms with Crippen LogP contribution in [-0.4, -0.2) is 49.3 Å². The minimum absolute atomic E-state index is 0.0448. The molecule has 10 heteroatoms. The fourth-order valence-electron chi connectivity index (χ4n) is 5.79. The van der Waals surface area contributed by atoms with E-state index in [1.165, 1.54) is 116 Å². The Morgan fingerprint density at radius 1 is 0.566 bits per heavy atom. The predicted octanol–water partition coefficient (Wildman–Crippen LogP) is 12.2. The van der Waals surface area contributed by atoms with Gasteiger partial charge in [0.2, 0.25) is 0 Å². The van der Waals surface area contributed by atoms with Gasteiger partial charge in [-0.3, -0.25) is 18.6 Å². The molecule has 0 bridgehead atoms. The second-order valence-corrected chi connectivity index (χ2v) is 15.7. The van der Waals surface area contributed by atoms with Crippen molar-refractivity contribution < 1.29 is 37.6 Å². The predicted molar refractivity (Wildman–Crippen MR) is 220 cm³/mol. The van der Waals surface area contributed by atoms with Crippen LogP contribution in [0, 0.1) is 0 Å². The van der Waals surface area contributed by atoms with Crippen molar-refractivity contribution in [3.8, 4) is 0 Å². The zero-order chi connectivity index (χ0) is 38.9. The summed E-state index contributed by atoms with van der Waals surface area (Å²) in [4.78, 5) is 34.8. The minimum atomic E-state index is -4.39. The van der Waals surface area contributed by atoms with Gasteiger partial charge in [-0.05, 0) is 64.2 Å². The van der Waals surface area contributed by atoms with E-state index >= 15 is 0 Å². The van der Waals surface area contributed by atoms with E-state index < -0.39 is 32.5 Å². The molecule has 0 saturated heterocycles. The minimum Gasteiger partial charge on any atom is -0.462 e. The van der Waals surface area contributed by atoms with Crippen LogP contribution in [-0.2, 0) is 32.7 Å². The Kier molecular flexibility index (Phi) is 38.6. The number of esters is 2. The molecule has 9 nitrogen and oxygen atoms in total. The molecule has 0 aliphatic carbocycles. The van der Waals surface area contributed by atoms with Crippen LogP contribution in [0.1, 0.15) is 194 Å².